The van der Waals surface area contributed by atoms with Crippen LogP contribution in [0, 0.1) is 5.92 Å². The number of carbonyl (C=O) groups excluding carboxylic acids is 3. The Bertz CT molecular complexity index is 480. The summed E-state index contributed by atoms with van der Waals surface area (Å²) in [5.74, 6) is -2.05. The average molecular weight is 275 g/mol. The van der Waals surface area contributed by atoms with E-state index >= 15 is 0 Å². The first-order chi connectivity index (χ1) is 8.37. The largest absolute Gasteiger partial charge is 0.333 e. The highest BCUT2D eigenvalue weighted by molar-refractivity contribution is 7.91. The van der Waals surface area contributed by atoms with E-state index in [1.165, 1.54) is 0 Å². The van der Waals surface area contributed by atoms with Crippen LogP contribution in [0.1, 0.15) is 25.7 Å². The zero-order chi connectivity index (χ0) is 13.3. The Labute approximate surface area is 104 Å². The Balaban J connectivity index is 1.86. The fourth-order valence-electron chi connectivity index (χ4n) is 2.07. The van der Waals surface area contributed by atoms with Crippen LogP contribution in [0.4, 0.5) is 0 Å². The number of imide groups is 1. The van der Waals surface area contributed by atoms with E-state index in [-0.39, 0.29) is 36.7 Å². The fraction of sp³-hybridized carbons (Fsp3) is 0.700. The predicted octanol–water partition coefficient (Wildman–Crippen LogP) is -0.582. The van der Waals surface area contributed by atoms with E-state index in [9.17, 15) is 22.8 Å². The second-order valence-corrected chi connectivity index (χ2v) is 6.75. The molecule has 2 heterocycles. The molecule has 8 heteroatoms. The number of sulfone groups is 1. The van der Waals surface area contributed by atoms with Crippen LogP contribution in [0.15, 0.2) is 0 Å². The normalized spacial score (nSPS) is 26.7. The molecule has 0 N–H and O–H groups in total. The lowest BCUT2D eigenvalue weighted by Gasteiger charge is -2.13. The van der Waals surface area contributed by atoms with Gasteiger partial charge in [0, 0.05) is 12.8 Å². The highest BCUT2D eigenvalue weighted by atomic mass is 32.2. The van der Waals surface area contributed by atoms with Gasteiger partial charge in [-0.05, 0) is 12.3 Å². The van der Waals surface area contributed by atoms with E-state index in [1.807, 2.05) is 0 Å². The lowest BCUT2D eigenvalue weighted by molar-refractivity contribution is -0.198. The Hall–Kier alpha value is -1.44. The van der Waals surface area contributed by atoms with Crippen LogP contribution in [0.5, 0.6) is 0 Å². The van der Waals surface area contributed by atoms with E-state index in [4.69, 9.17) is 0 Å². The first kappa shape index (κ1) is 13.0. The van der Waals surface area contributed by atoms with Crippen molar-refractivity contribution in [1.29, 1.82) is 0 Å². The summed E-state index contributed by atoms with van der Waals surface area (Å²) < 4.78 is 22.4. The number of amides is 2. The summed E-state index contributed by atoms with van der Waals surface area (Å²) in [6.45, 7) is 0. The number of nitrogens with zero attached hydrogens (tertiary/aromatic N) is 1. The summed E-state index contributed by atoms with van der Waals surface area (Å²) in [5.41, 5.74) is 0. The molecule has 0 aromatic rings. The van der Waals surface area contributed by atoms with Crippen molar-refractivity contribution < 1.29 is 27.6 Å². The number of carbonyl (C=O) groups is 3. The van der Waals surface area contributed by atoms with Gasteiger partial charge in [0.15, 0.2) is 9.84 Å². The third-order valence-corrected chi connectivity index (χ3v) is 4.82. The van der Waals surface area contributed by atoms with Crippen molar-refractivity contribution in [3.63, 3.8) is 0 Å². The van der Waals surface area contributed by atoms with E-state index in [2.05, 4.69) is 4.84 Å². The lowest BCUT2D eigenvalue weighted by atomic mass is 10.1. The van der Waals surface area contributed by atoms with Crippen molar-refractivity contribution in [2.45, 2.75) is 25.7 Å². The van der Waals surface area contributed by atoms with Crippen LogP contribution in [-0.4, -0.2) is 42.8 Å². The standard InChI is InChI=1S/C10H13NO6S/c12-8-1-2-9(13)11(8)17-10(14)5-7-3-4-18(15,16)6-7/h7H,1-6H2. The highest BCUT2D eigenvalue weighted by Crippen LogP contribution is 2.22. The molecule has 0 aromatic heterocycles. The first-order valence-corrected chi connectivity index (χ1v) is 7.46. The maximum Gasteiger partial charge on any atom is 0.333 e. The maximum absolute atomic E-state index is 11.5. The summed E-state index contributed by atoms with van der Waals surface area (Å²) in [6.07, 6.45) is 0.420. The Morgan fingerprint density at radius 1 is 1.28 bits per heavy atom. The maximum atomic E-state index is 11.5. The van der Waals surface area contributed by atoms with Crippen LogP contribution in [-0.2, 0) is 29.1 Å². The minimum Gasteiger partial charge on any atom is -0.330 e. The number of hydrogen-bond acceptors (Lipinski definition) is 6. The van der Waals surface area contributed by atoms with Crippen molar-refractivity contribution in [1.82, 2.24) is 5.06 Å². The molecule has 2 aliphatic rings. The summed E-state index contributed by atoms with van der Waals surface area (Å²) in [7, 11) is -3.05. The van der Waals surface area contributed by atoms with E-state index in [0.717, 1.165) is 0 Å². The molecule has 2 amide bonds. The monoisotopic (exact) mass is 275 g/mol. The third kappa shape index (κ3) is 2.87. The van der Waals surface area contributed by atoms with Crippen molar-refractivity contribution >= 4 is 27.6 Å². The van der Waals surface area contributed by atoms with Crippen molar-refractivity contribution in [3.05, 3.63) is 0 Å². The smallest absolute Gasteiger partial charge is 0.330 e. The molecule has 0 spiro atoms. The molecule has 0 radical (unpaired) electrons. The molecule has 2 saturated heterocycles. The van der Waals surface area contributed by atoms with Crippen LogP contribution >= 0.6 is 0 Å². The van der Waals surface area contributed by atoms with Crippen molar-refractivity contribution in [3.8, 4) is 0 Å². The van der Waals surface area contributed by atoms with Crippen molar-refractivity contribution in [2.75, 3.05) is 11.5 Å². The molecule has 100 valence electrons. The van der Waals surface area contributed by atoms with Crippen LogP contribution in [0.25, 0.3) is 0 Å². The molecule has 0 bridgehead atoms. The lowest BCUT2D eigenvalue weighted by Crippen LogP contribution is -2.32. The van der Waals surface area contributed by atoms with Gasteiger partial charge >= 0.3 is 5.97 Å². The molecule has 2 aliphatic heterocycles. The summed E-state index contributed by atoms with van der Waals surface area (Å²) >= 11 is 0. The zero-order valence-corrected chi connectivity index (χ0v) is 10.4. The van der Waals surface area contributed by atoms with Gasteiger partial charge in [0.1, 0.15) is 0 Å². The quantitative estimate of drug-likeness (QED) is 0.639. The van der Waals surface area contributed by atoms with Gasteiger partial charge in [0.2, 0.25) is 0 Å². The second kappa shape index (κ2) is 4.68. The molecule has 2 rings (SSSR count). The Morgan fingerprint density at radius 3 is 2.39 bits per heavy atom. The van der Waals surface area contributed by atoms with Gasteiger partial charge in [0.25, 0.3) is 11.8 Å². The molecule has 0 aromatic carbocycles. The predicted molar refractivity (Wildman–Crippen MR) is 58.6 cm³/mol. The molecular formula is C10H13NO6S. The van der Waals surface area contributed by atoms with E-state index < -0.39 is 27.6 Å². The number of hydrogen-bond donors (Lipinski definition) is 0. The minimum atomic E-state index is -3.05. The van der Waals surface area contributed by atoms with Crippen LogP contribution in [0.2, 0.25) is 0 Å². The molecule has 7 nitrogen and oxygen atoms in total. The molecule has 0 saturated carbocycles. The summed E-state index contributed by atoms with van der Waals surface area (Å²) in [4.78, 5) is 38.5. The van der Waals surface area contributed by atoms with E-state index in [1.54, 1.807) is 0 Å². The van der Waals surface area contributed by atoms with Gasteiger partial charge in [-0.1, -0.05) is 0 Å². The van der Waals surface area contributed by atoms with Crippen molar-refractivity contribution in [2.24, 2.45) is 5.92 Å². The Morgan fingerprint density at radius 2 is 1.89 bits per heavy atom. The highest BCUT2D eigenvalue weighted by Gasteiger charge is 2.35. The van der Waals surface area contributed by atoms with Gasteiger partial charge in [-0.15, -0.1) is 5.06 Å². The zero-order valence-electron chi connectivity index (χ0n) is 9.62. The molecular weight excluding hydrogens is 262 g/mol. The second-order valence-electron chi connectivity index (χ2n) is 4.52. The molecule has 18 heavy (non-hydrogen) atoms. The average Bonchev–Trinajstić information content (AvgIpc) is 2.75. The Kier molecular flexibility index (Phi) is 3.38. The third-order valence-electron chi connectivity index (χ3n) is 2.98. The molecule has 1 atom stereocenters. The van der Waals surface area contributed by atoms with Gasteiger partial charge in [-0.3, -0.25) is 9.59 Å². The topological polar surface area (TPSA) is 97.8 Å². The SMILES string of the molecule is O=C(CC1CCS(=O)(=O)C1)ON1C(=O)CCC1=O. The van der Waals surface area contributed by atoms with Gasteiger partial charge in [-0.25, -0.2) is 13.2 Å². The van der Waals surface area contributed by atoms with Gasteiger partial charge in [0.05, 0.1) is 17.9 Å². The molecule has 2 fully saturated rings. The van der Waals surface area contributed by atoms with Crippen LogP contribution < -0.4 is 0 Å². The summed E-state index contributed by atoms with van der Waals surface area (Å²) in [5, 5.41) is 0.478. The molecule has 1 unspecified atom stereocenters. The number of hydroxylamine groups is 2. The fourth-order valence-corrected chi connectivity index (χ4v) is 3.93. The van der Waals surface area contributed by atoms with E-state index in [0.29, 0.717) is 11.5 Å². The molecule has 0 aliphatic carbocycles. The minimum absolute atomic E-state index is 0.0377. The first-order valence-electron chi connectivity index (χ1n) is 5.64. The van der Waals surface area contributed by atoms with Gasteiger partial charge < -0.3 is 4.84 Å². The number of rotatable bonds is 3. The summed E-state index contributed by atoms with van der Waals surface area (Å²) in [6, 6.07) is 0. The van der Waals surface area contributed by atoms with Gasteiger partial charge in [-0.2, -0.15) is 0 Å². The van der Waals surface area contributed by atoms with Crippen LogP contribution in [0.3, 0.4) is 0 Å².